The number of nitrogens with one attached hydrogen (secondary N) is 1. The summed E-state index contributed by atoms with van der Waals surface area (Å²) in [5, 5.41) is 20.8. The second kappa shape index (κ2) is 4.29. The van der Waals surface area contributed by atoms with Crippen molar-refractivity contribution in [2.45, 2.75) is 26.9 Å². The minimum absolute atomic E-state index is 0.161. The lowest BCUT2D eigenvalue weighted by Gasteiger charge is -2.26. The first-order valence-electron chi connectivity index (χ1n) is 5.55. The molecule has 0 radical (unpaired) electrons. The molecule has 6 heteroatoms. The van der Waals surface area contributed by atoms with Crippen LogP contribution in [0, 0.1) is 5.41 Å². The molecule has 0 saturated heterocycles. The first kappa shape index (κ1) is 11.8. The molecule has 0 spiro atoms. The number of rotatable bonds is 3. The molecular weight excluding hydrogens is 218 g/mol. The van der Waals surface area contributed by atoms with E-state index >= 15 is 0 Å². The Kier molecular flexibility index (Phi) is 2.97. The van der Waals surface area contributed by atoms with Crippen LogP contribution >= 0.6 is 0 Å². The fourth-order valence-electron chi connectivity index (χ4n) is 1.38. The van der Waals surface area contributed by atoms with Crippen molar-refractivity contribution >= 4 is 11.5 Å². The van der Waals surface area contributed by atoms with Crippen molar-refractivity contribution in [3.8, 4) is 0 Å². The minimum Gasteiger partial charge on any atom is -0.391 e. The summed E-state index contributed by atoms with van der Waals surface area (Å²) in [5.41, 5.74) is 0.500. The summed E-state index contributed by atoms with van der Waals surface area (Å²) in [4.78, 5) is 4.19. The van der Waals surface area contributed by atoms with Gasteiger partial charge in [-0.15, -0.1) is 10.2 Å². The largest absolute Gasteiger partial charge is 0.391 e. The quantitative estimate of drug-likeness (QED) is 0.828. The van der Waals surface area contributed by atoms with E-state index in [2.05, 4.69) is 20.5 Å². The Bertz CT molecular complexity index is 502. The van der Waals surface area contributed by atoms with Crippen LogP contribution in [0.4, 0.5) is 5.82 Å². The van der Waals surface area contributed by atoms with E-state index in [1.807, 2.05) is 20.8 Å². The molecule has 0 saturated carbocycles. The normalized spacial score (nSPS) is 13.9. The van der Waals surface area contributed by atoms with Gasteiger partial charge in [-0.25, -0.2) is 4.98 Å². The maximum absolute atomic E-state index is 9.94. The lowest BCUT2D eigenvalue weighted by atomic mass is 9.89. The molecule has 0 unspecified atom stereocenters. The smallest absolute Gasteiger partial charge is 0.203 e. The average molecular weight is 235 g/mol. The van der Waals surface area contributed by atoms with Gasteiger partial charge in [0.05, 0.1) is 6.10 Å². The van der Waals surface area contributed by atoms with Crippen LogP contribution < -0.4 is 5.32 Å². The number of hydrogen-bond donors (Lipinski definition) is 2. The Morgan fingerprint density at radius 2 is 2.24 bits per heavy atom. The fourth-order valence-corrected chi connectivity index (χ4v) is 1.38. The van der Waals surface area contributed by atoms with Crippen LogP contribution in [0.1, 0.15) is 20.8 Å². The molecule has 0 bridgehead atoms. The van der Waals surface area contributed by atoms with Gasteiger partial charge in [-0.3, -0.25) is 4.40 Å². The highest BCUT2D eigenvalue weighted by atomic mass is 16.3. The van der Waals surface area contributed by atoms with E-state index in [0.717, 1.165) is 0 Å². The van der Waals surface area contributed by atoms with Gasteiger partial charge >= 0.3 is 0 Å². The summed E-state index contributed by atoms with van der Waals surface area (Å²) in [6.45, 7) is 6.41. The van der Waals surface area contributed by atoms with Gasteiger partial charge in [0.1, 0.15) is 6.33 Å². The van der Waals surface area contributed by atoms with Crippen LogP contribution in [-0.2, 0) is 0 Å². The van der Waals surface area contributed by atoms with E-state index in [4.69, 9.17) is 0 Å². The van der Waals surface area contributed by atoms with E-state index < -0.39 is 6.10 Å². The zero-order valence-corrected chi connectivity index (χ0v) is 10.3. The molecule has 0 aliphatic rings. The van der Waals surface area contributed by atoms with Gasteiger partial charge in [0.2, 0.25) is 5.65 Å². The highest BCUT2D eigenvalue weighted by Crippen LogP contribution is 2.19. The van der Waals surface area contributed by atoms with Crippen LogP contribution in [-0.4, -0.2) is 37.3 Å². The molecule has 17 heavy (non-hydrogen) atoms. The third-order valence-corrected chi connectivity index (χ3v) is 2.68. The van der Waals surface area contributed by atoms with Crippen molar-refractivity contribution in [3.63, 3.8) is 0 Å². The molecule has 0 amide bonds. The Balaban J connectivity index is 2.12. The predicted molar refractivity (Wildman–Crippen MR) is 64.7 cm³/mol. The lowest BCUT2D eigenvalue weighted by Crippen LogP contribution is -2.33. The maximum Gasteiger partial charge on any atom is 0.203 e. The zero-order chi connectivity index (χ0) is 12.5. The average Bonchev–Trinajstić information content (AvgIpc) is 2.72. The van der Waals surface area contributed by atoms with Crippen LogP contribution in [0.3, 0.4) is 0 Å². The first-order valence-corrected chi connectivity index (χ1v) is 5.55. The molecule has 2 aromatic heterocycles. The zero-order valence-electron chi connectivity index (χ0n) is 10.3. The van der Waals surface area contributed by atoms with Gasteiger partial charge < -0.3 is 10.4 Å². The summed E-state index contributed by atoms with van der Waals surface area (Å²) in [6.07, 6.45) is 4.61. The summed E-state index contributed by atoms with van der Waals surface area (Å²) in [5.74, 6) is 0.633. The second-order valence-electron chi connectivity index (χ2n) is 5.10. The van der Waals surface area contributed by atoms with Gasteiger partial charge in [0.15, 0.2) is 5.82 Å². The fraction of sp³-hybridized carbons (Fsp3) is 0.545. The van der Waals surface area contributed by atoms with Crippen molar-refractivity contribution in [1.82, 2.24) is 19.6 Å². The van der Waals surface area contributed by atoms with Crippen molar-refractivity contribution in [2.24, 2.45) is 5.41 Å². The monoisotopic (exact) mass is 235 g/mol. The molecule has 0 aromatic carbocycles. The van der Waals surface area contributed by atoms with E-state index in [1.165, 1.54) is 0 Å². The van der Waals surface area contributed by atoms with Gasteiger partial charge in [-0.05, 0) is 5.41 Å². The van der Waals surface area contributed by atoms with E-state index in [-0.39, 0.29) is 5.41 Å². The number of anilines is 1. The van der Waals surface area contributed by atoms with E-state index in [1.54, 1.807) is 23.1 Å². The molecule has 2 heterocycles. The SMILES string of the molecule is CC(C)(C)[C@H](O)CNc1nccn2cnnc12. The van der Waals surface area contributed by atoms with Crippen molar-refractivity contribution in [2.75, 3.05) is 11.9 Å². The van der Waals surface area contributed by atoms with Crippen LogP contribution in [0.2, 0.25) is 0 Å². The van der Waals surface area contributed by atoms with Gasteiger partial charge in [0, 0.05) is 18.9 Å². The highest BCUT2D eigenvalue weighted by molar-refractivity contribution is 5.61. The van der Waals surface area contributed by atoms with Gasteiger partial charge in [-0.2, -0.15) is 0 Å². The highest BCUT2D eigenvalue weighted by Gasteiger charge is 2.22. The van der Waals surface area contributed by atoms with E-state index in [9.17, 15) is 5.11 Å². The van der Waals surface area contributed by atoms with Crippen molar-refractivity contribution < 1.29 is 5.11 Å². The lowest BCUT2D eigenvalue weighted by molar-refractivity contribution is 0.0745. The Labute approximate surface area is 99.7 Å². The summed E-state index contributed by atoms with van der Waals surface area (Å²) < 4.78 is 1.78. The Morgan fingerprint density at radius 3 is 2.94 bits per heavy atom. The molecular formula is C11H17N5O. The van der Waals surface area contributed by atoms with Crippen LogP contribution in [0.15, 0.2) is 18.7 Å². The molecule has 92 valence electrons. The van der Waals surface area contributed by atoms with Gasteiger partial charge in [0.25, 0.3) is 0 Å². The van der Waals surface area contributed by atoms with Crippen LogP contribution in [0.5, 0.6) is 0 Å². The van der Waals surface area contributed by atoms with Crippen LogP contribution in [0.25, 0.3) is 5.65 Å². The second-order valence-corrected chi connectivity index (χ2v) is 5.10. The molecule has 2 aromatic rings. The Morgan fingerprint density at radius 1 is 1.47 bits per heavy atom. The third kappa shape index (κ3) is 2.52. The number of aliphatic hydroxyl groups is 1. The van der Waals surface area contributed by atoms with Crippen molar-refractivity contribution in [3.05, 3.63) is 18.7 Å². The molecule has 0 aliphatic carbocycles. The first-order chi connectivity index (χ1) is 7.98. The number of nitrogens with zero attached hydrogens (tertiary/aromatic N) is 4. The molecule has 0 aliphatic heterocycles. The molecule has 1 atom stereocenters. The summed E-state index contributed by atoms with van der Waals surface area (Å²) in [7, 11) is 0. The van der Waals surface area contributed by atoms with Crippen molar-refractivity contribution in [1.29, 1.82) is 0 Å². The minimum atomic E-state index is -0.451. The van der Waals surface area contributed by atoms with E-state index in [0.29, 0.717) is 18.0 Å². The number of hydrogen-bond acceptors (Lipinski definition) is 5. The summed E-state index contributed by atoms with van der Waals surface area (Å²) >= 11 is 0. The molecule has 2 N–H and O–H groups in total. The summed E-state index contributed by atoms with van der Waals surface area (Å²) in [6, 6.07) is 0. The number of aliphatic hydroxyl groups excluding tert-OH is 1. The van der Waals surface area contributed by atoms with Gasteiger partial charge in [-0.1, -0.05) is 20.8 Å². The standard InChI is InChI=1S/C11H17N5O/c1-11(2,3)8(17)6-13-9-10-15-14-7-16(10)5-4-12-9/h4-5,7-8,17H,6H2,1-3H3,(H,12,13)/t8-/m1/s1. The topological polar surface area (TPSA) is 75.3 Å². The Hall–Kier alpha value is -1.69. The predicted octanol–water partition coefficient (Wildman–Crippen LogP) is 0.943. The number of aromatic nitrogens is 4. The molecule has 6 nitrogen and oxygen atoms in total. The third-order valence-electron chi connectivity index (χ3n) is 2.68. The maximum atomic E-state index is 9.94. The molecule has 2 rings (SSSR count). The number of fused-ring (bicyclic) bond motifs is 1. The molecule has 0 fully saturated rings.